The SMILES string of the molecule is CCC1=CCCC2=C(C(C(=O)c3ccc(=NC4CCC(F)(F)CC4)cc(C)c3)=N2)C1=NC1CC1. The van der Waals surface area contributed by atoms with Crippen LogP contribution in [0.25, 0.3) is 0 Å². The smallest absolute Gasteiger partial charge is 0.248 e. The zero-order chi connectivity index (χ0) is 23.9. The van der Waals surface area contributed by atoms with Crippen molar-refractivity contribution in [2.75, 3.05) is 0 Å². The highest BCUT2D eigenvalue weighted by Crippen LogP contribution is 2.36. The molecule has 4 nitrogen and oxygen atoms in total. The van der Waals surface area contributed by atoms with Gasteiger partial charge in [-0.1, -0.05) is 13.0 Å². The second-order valence-corrected chi connectivity index (χ2v) is 9.90. The molecule has 5 rings (SSSR count). The number of allylic oxidation sites excluding steroid dienone is 4. The number of alkyl halides is 2. The molecule has 0 saturated heterocycles. The van der Waals surface area contributed by atoms with Crippen molar-refractivity contribution in [1.82, 2.24) is 0 Å². The van der Waals surface area contributed by atoms with Gasteiger partial charge in [-0.2, -0.15) is 0 Å². The highest BCUT2D eigenvalue weighted by atomic mass is 19.3. The number of Topliss-reactive ketones (excluding diaryl/α,β-unsaturated/α-hetero) is 1. The Bertz CT molecular complexity index is 1210. The summed E-state index contributed by atoms with van der Waals surface area (Å²) >= 11 is 0. The molecule has 4 aliphatic rings. The lowest BCUT2D eigenvalue weighted by molar-refractivity contribution is -0.0376. The van der Waals surface area contributed by atoms with Gasteiger partial charge in [-0.3, -0.25) is 14.8 Å². The highest BCUT2D eigenvalue weighted by Gasteiger charge is 2.36. The van der Waals surface area contributed by atoms with E-state index in [4.69, 9.17) is 9.98 Å². The Morgan fingerprint density at radius 2 is 1.82 bits per heavy atom. The van der Waals surface area contributed by atoms with Crippen molar-refractivity contribution in [1.29, 1.82) is 0 Å². The Hall–Kier alpha value is -2.76. The van der Waals surface area contributed by atoms with E-state index in [1.807, 2.05) is 25.1 Å². The molecular formula is C28H31F2N3O. The van der Waals surface area contributed by atoms with E-state index in [0.29, 0.717) is 30.2 Å². The van der Waals surface area contributed by atoms with Gasteiger partial charge in [0.1, 0.15) is 5.71 Å². The number of aliphatic imine (C=N–C) groups is 2. The molecule has 0 radical (unpaired) electrons. The van der Waals surface area contributed by atoms with Gasteiger partial charge in [0.2, 0.25) is 11.7 Å². The molecule has 0 spiro atoms. The van der Waals surface area contributed by atoms with Crippen LogP contribution in [0.4, 0.5) is 8.78 Å². The van der Waals surface area contributed by atoms with Crippen LogP contribution < -0.4 is 5.36 Å². The molecule has 0 atom stereocenters. The Kier molecular flexibility index (Phi) is 6.17. The van der Waals surface area contributed by atoms with Gasteiger partial charge in [0.05, 0.1) is 34.4 Å². The topological polar surface area (TPSA) is 54.1 Å². The molecule has 0 N–H and O–H groups in total. The fourth-order valence-electron chi connectivity index (χ4n) is 4.92. The summed E-state index contributed by atoms with van der Waals surface area (Å²) in [6, 6.07) is 7.66. The summed E-state index contributed by atoms with van der Waals surface area (Å²) in [6.07, 6.45) is 7.68. The van der Waals surface area contributed by atoms with Crippen molar-refractivity contribution in [3.05, 3.63) is 63.7 Å². The molecule has 1 aliphatic heterocycles. The monoisotopic (exact) mass is 463 g/mol. The third kappa shape index (κ3) is 4.86. The lowest BCUT2D eigenvalue weighted by atomic mass is 9.88. The van der Waals surface area contributed by atoms with E-state index in [1.54, 1.807) is 6.07 Å². The van der Waals surface area contributed by atoms with Crippen LogP contribution >= 0.6 is 0 Å². The normalized spacial score (nSPS) is 24.2. The van der Waals surface area contributed by atoms with Crippen molar-refractivity contribution >= 4 is 17.2 Å². The number of halogens is 2. The van der Waals surface area contributed by atoms with Crippen LogP contribution in [0, 0.1) is 6.92 Å². The number of hydrogen-bond acceptors (Lipinski definition) is 4. The summed E-state index contributed by atoms with van der Waals surface area (Å²) in [7, 11) is 0. The molecule has 0 unspecified atom stereocenters. The largest absolute Gasteiger partial charge is 0.287 e. The van der Waals surface area contributed by atoms with Gasteiger partial charge in [0, 0.05) is 18.4 Å². The van der Waals surface area contributed by atoms with Gasteiger partial charge in [-0.25, -0.2) is 13.8 Å². The third-order valence-corrected chi connectivity index (χ3v) is 7.01. The first-order valence-electron chi connectivity index (χ1n) is 12.5. The van der Waals surface area contributed by atoms with Crippen LogP contribution in [0.5, 0.6) is 0 Å². The van der Waals surface area contributed by atoms with Gasteiger partial charge < -0.3 is 0 Å². The maximum Gasteiger partial charge on any atom is 0.248 e. The quantitative estimate of drug-likeness (QED) is 0.487. The van der Waals surface area contributed by atoms with Gasteiger partial charge in [0.25, 0.3) is 0 Å². The van der Waals surface area contributed by atoms with Crippen LogP contribution in [0.1, 0.15) is 80.6 Å². The average Bonchev–Trinajstić information content (AvgIpc) is 3.62. The molecule has 0 aromatic heterocycles. The van der Waals surface area contributed by atoms with E-state index < -0.39 is 5.92 Å². The summed E-state index contributed by atoms with van der Waals surface area (Å²) < 4.78 is 27.0. The number of aryl methyl sites for hydroxylation is 1. The van der Waals surface area contributed by atoms with Gasteiger partial charge in [-0.15, -0.1) is 0 Å². The second-order valence-electron chi connectivity index (χ2n) is 9.90. The maximum atomic E-state index is 13.5. The first-order valence-corrected chi connectivity index (χ1v) is 12.5. The fraction of sp³-hybridized carbons (Fsp3) is 0.500. The molecule has 2 fully saturated rings. The minimum atomic E-state index is -2.56. The van der Waals surface area contributed by atoms with Crippen molar-refractivity contribution < 1.29 is 13.6 Å². The average molecular weight is 464 g/mol. The number of hydrogen-bond donors (Lipinski definition) is 0. The van der Waals surface area contributed by atoms with Crippen molar-refractivity contribution in [3.8, 4) is 0 Å². The molecule has 6 heteroatoms. The van der Waals surface area contributed by atoms with E-state index in [9.17, 15) is 13.6 Å². The summed E-state index contributed by atoms with van der Waals surface area (Å²) in [5.74, 6) is -2.66. The first kappa shape index (κ1) is 23.0. The zero-order valence-electron chi connectivity index (χ0n) is 19.9. The Morgan fingerprint density at radius 3 is 2.53 bits per heavy atom. The summed E-state index contributed by atoms with van der Waals surface area (Å²) in [6.45, 7) is 4.07. The van der Waals surface area contributed by atoms with Crippen LogP contribution in [-0.2, 0) is 0 Å². The first-order chi connectivity index (χ1) is 16.3. The number of carbonyl (C=O) groups is 1. The zero-order valence-corrected chi connectivity index (χ0v) is 19.9. The van der Waals surface area contributed by atoms with Crippen LogP contribution in [0.3, 0.4) is 0 Å². The van der Waals surface area contributed by atoms with Crippen molar-refractivity contribution in [2.45, 2.75) is 89.6 Å². The van der Waals surface area contributed by atoms with Crippen LogP contribution in [0.15, 0.2) is 62.2 Å². The summed E-state index contributed by atoms with van der Waals surface area (Å²) in [5.41, 5.74) is 6.10. The lowest BCUT2D eigenvalue weighted by Gasteiger charge is -2.25. The molecule has 2 saturated carbocycles. The van der Waals surface area contributed by atoms with Gasteiger partial charge in [-0.05, 0) is 87.3 Å². The van der Waals surface area contributed by atoms with E-state index in [-0.39, 0.29) is 24.7 Å². The summed E-state index contributed by atoms with van der Waals surface area (Å²) in [4.78, 5) is 27.9. The van der Waals surface area contributed by atoms with Gasteiger partial charge in [0.15, 0.2) is 0 Å². The predicted octanol–water partition coefficient (Wildman–Crippen LogP) is 6.10. The lowest BCUT2D eigenvalue weighted by Crippen LogP contribution is -2.30. The predicted molar refractivity (Wildman–Crippen MR) is 131 cm³/mol. The Morgan fingerprint density at radius 1 is 1.09 bits per heavy atom. The molecule has 178 valence electrons. The summed E-state index contributed by atoms with van der Waals surface area (Å²) in [5, 5.41) is 0.726. The molecule has 0 bridgehead atoms. The number of carbonyl (C=O) groups excluding carboxylic acids is 1. The molecule has 0 amide bonds. The third-order valence-electron chi connectivity index (χ3n) is 7.01. The highest BCUT2D eigenvalue weighted by molar-refractivity contribution is 6.59. The molecule has 1 aromatic carbocycles. The number of ketones is 1. The number of rotatable bonds is 5. The molecule has 3 aliphatic carbocycles. The molecule has 34 heavy (non-hydrogen) atoms. The van der Waals surface area contributed by atoms with E-state index >= 15 is 0 Å². The van der Waals surface area contributed by atoms with Crippen LogP contribution in [0.2, 0.25) is 0 Å². The van der Waals surface area contributed by atoms with E-state index in [1.165, 1.54) is 5.57 Å². The Labute approximate surface area is 199 Å². The van der Waals surface area contributed by atoms with Gasteiger partial charge >= 0.3 is 0 Å². The standard InChI is InChI=1S/C28H31F2N3O/c1-3-18-5-4-6-23-24(25(18)32-20-9-10-20)26(33-23)27(34)19-7-8-22(16-17(2)15-19)31-21-11-13-28(29,30)14-12-21/h5,7-8,15-16,20-21H,3-4,6,9-14H2,1-2H3. The molecular weight excluding hydrogens is 432 g/mol. The fourth-order valence-corrected chi connectivity index (χ4v) is 4.92. The van der Waals surface area contributed by atoms with E-state index in [2.05, 4.69) is 18.0 Å². The maximum absolute atomic E-state index is 13.5. The van der Waals surface area contributed by atoms with E-state index in [0.717, 1.165) is 60.0 Å². The molecule has 1 heterocycles. The minimum absolute atomic E-state index is 0.0952. The second kappa shape index (κ2) is 9.12. The Balaban J connectivity index is 1.41. The van der Waals surface area contributed by atoms with Crippen molar-refractivity contribution in [2.24, 2.45) is 15.0 Å². The molecule has 1 aromatic rings. The van der Waals surface area contributed by atoms with Crippen molar-refractivity contribution in [3.63, 3.8) is 0 Å². The number of nitrogens with zero attached hydrogens (tertiary/aromatic N) is 3. The van der Waals surface area contributed by atoms with Crippen LogP contribution in [-0.4, -0.2) is 35.2 Å². The minimum Gasteiger partial charge on any atom is -0.287 e.